The molecule has 0 saturated carbocycles. The molecule has 5 aromatic rings. The largest absolute Gasteiger partial charge is 0.325 e. The van der Waals surface area contributed by atoms with Gasteiger partial charge >= 0.3 is 5.69 Å². The number of fused-ring (bicyclic) bond motifs is 4. The molecule has 3 heterocycles. The van der Waals surface area contributed by atoms with Gasteiger partial charge in [-0.15, -0.1) is 10.2 Å². The van der Waals surface area contributed by atoms with E-state index in [9.17, 15) is 14.4 Å². The van der Waals surface area contributed by atoms with E-state index in [1.165, 1.54) is 16.3 Å². The van der Waals surface area contributed by atoms with Crippen LogP contribution in [0.15, 0.2) is 57.2 Å². The third kappa shape index (κ3) is 3.19. The van der Waals surface area contributed by atoms with Gasteiger partial charge in [-0.1, -0.05) is 23.9 Å². The number of hydrogen-bond donors (Lipinski definition) is 3. The highest BCUT2D eigenvalue weighted by atomic mass is 32.2. The van der Waals surface area contributed by atoms with Gasteiger partial charge in [-0.25, -0.2) is 4.79 Å². The van der Waals surface area contributed by atoms with E-state index in [0.717, 1.165) is 0 Å². The highest BCUT2D eigenvalue weighted by Crippen LogP contribution is 2.26. The predicted molar refractivity (Wildman–Crippen MR) is 119 cm³/mol. The molecular weight excluding hydrogens is 418 g/mol. The van der Waals surface area contributed by atoms with Crippen LogP contribution in [0.2, 0.25) is 0 Å². The van der Waals surface area contributed by atoms with Crippen molar-refractivity contribution in [3.8, 4) is 0 Å². The number of carbonyl (C=O) groups is 1. The highest BCUT2D eigenvalue weighted by Gasteiger charge is 2.21. The van der Waals surface area contributed by atoms with Crippen LogP contribution in [0.5, 0.6) is 0 Å². The number of aromatic amines is 2. The number of aryl methyl sites for hydroxylation is 1. The van der Waals surface area contributed by atoms with E-state index in [1.807, 2.05) is 12.1 Å². The molecule has 1 amide bonds. The van der Waals surface area contributed by atoms with Crippen molar-refractivity contribution < 1.29 is 4.79 Å². The molecule has 0 aliphatic rings. The summed E-state index contributed by atoms with van der Waals surface area (Å²) < 4.78 is 3.22. The lowest BCUT2D eigenvalue weighted by molar-refractivity contribution is -0.115. The lowest BCUT2D eigenvalue weighted by Gasteiger charge is -2.12. The number of H-pyrrole nitrogens is 2. The average molecular weight is 435 g/mol. The number of nitrogens with one attached hydrogen (secondary N) is 3. The molecule has 0 bridgehead atoms. The van der Waals surface area contributed by atoms with Crippen LogP contribution in [-0.4, -0.2) is 40.3 Å². The zero-order valence-electron chi connectivity index (χ0n) is 16.5. The molecule has 0 saturated heterocycles. The number of hydrogen-bond acceptors (Lipinski definition) is 6. The standard InChI is InChI=1S/C20H17N7O3S/c1-10(16(28)21-11-7-8-13-14(9-11)23-18(30)22-13)31-20-25-24-19-26(2)17(29)12-5-3-4-6-15(12)27(19)20/h3-10H,1-2H3,(H,21,28)(H2,22,23,30). The van der Waals surface area contributed by atoms with Crippen LogP contribution in [0.4, 0.5) is 5.69 Å². The molecule has 0 aliphatic heterocycles. The average Bonchev–Trinajstić information content (AvgIpc) is 3.34. The van der Waals surface area contributed by atoms with Gasteiger partial charge in [0.1, 0.15) is 0 Å². The molecule has 1 unspecified atom stereocenters. The molecule has 3 aromatic heterocycles. The summed E-state index contributed by atoms with van der Waals surface area (Å²) in [6.07, 6.45) is 0. The van der Waals surface area contributed by atoms with Crippen LogP contribution in [0.3, 0.4) is 0 Å². The number of para-hydroxylation sites is 1. The number of amides is 1. The minimum Gasteiger partial charge on any atom is -0.325 e. The fourth-order valence-electron chi connectivity index (χ4n) is 3.45. The molecule has 11 heteroatoms. The molecule has 31 heavy (non-hydrogen) atoms. The smallest absolute Gasteiger partial charge is 0.323 e. The first kappa shape index (κ1) is 19.1. The zero-order valence-corrected chi connectivity index (χ0v) is 17.4. The fraction of sp³-hybridized carbons (Fsp3) is 0.150. The molecule has 10 nitrogen and oxygen atoms in total. The molecule has 1 atom stereocenters. The van der Waals surface area contributed by atoms with Crippen LogP contribution in [0, 0.1) is 0 Å². The second-order valence-corrected chi connectivity index (χ2v) is 8.40. The van der Waals surface area contributed by atoms with Crippen molar-refractivity contribution in [2.75, 3.05) is 5.32 Å². The number of benzene rings is 2. The highest BCUT2D eigenvalue weighted by molar-refractivity contribution is 8.00. The molecule has 0 spiro atoms. The summed E-state index contributed by atoms with van der Waals surface area (Å²) in [6, 6.07) is 12.4. The summed E-state index contributed by atoms with van der Waals surface area (Å²) >= 11 is 1.24. The van der Waals surface area contributed by atoms with E-state index in [0.29, 0.717) is 38.6 Å². The van der Waals surface area contributed by atoms with E-state index in [1.54, 1.807) is 48.7 Å². The number of rotatable bonds is 4. The zero-order chi connectivity index (χ0) is 21.7. The summed E-state index contributed by atoms with van der Waals surface area (Å²) in [7, 11) is 1.64. The Hall–Kier alpha value is -3.86. The van der Waals surface area contributed by atoms with Crippen LogP contribution < -0.4 is 16.6 Å². The Balaban J connectivity index is 1.45. The Labute approximate surface area is 178 Å². The fourth-order valence-corrected chi connectivity index (χ4v) is 4.31. The van der Waals surface area contributed by atoms with Gasteiger partial charge in [0, 0.05) is 12.7 Å². The van der Waals surface area contributed by atoms with Gasteiger partial charge in [0.2, 0.25) is 11.7 Å². The van der Waals surface area contributed by atoms with E-state index >= 15 is 0 Å². The molecular formula is C20H17N7O3S. The van der Waals surface area contributed by atoms with E-state index < -0.39 is 5.25 Å². The predicted octanol–water partition coefficient (Wildman–Crippen LogP) is 1.87. The summed E-state index contributed by atoms with van der Waals surface area (Å²) in [5.41, 5.74) is 2.07. The maximum atomic E-state index is 12.8. The molecule has 0 fully saturated rings. The lowest BCUT2D eigenvalue weighted by Crippen LogP contribution is -2.23. The summed E-state index contributed by atoms with van der Waals surface area (Å²) in [5.74, 6) is 0.175. The number of imidazole rings is 1. The molecule has 2 aromatic carbocycles. The van der Waals surface area contributed by atoms with Crippen LogP contribution in [0.25, 0.3) is 27.7 Å². The SMILES string of the molecule is CC(Sc1nnc2n(C)c(=O)c3ccccc3n12)C(=O)Nc1ccc2[nH]c(=O)[nH]c2c1. The maximum Gasteiger partial charge on any atom is 0.323 e. The van der Waals surface area contributed by atoms with Crippen LogP contribution >= 0.6 is 11.8 Å². The van der Waals surface area contributed by atoms with Crippen molar-refractivity contribution in [2.24, 2.45) is 7.05 Å². The first-order valence-electron chi connectivity index (χ1n) is 9.45. The van der Waals surface area contributed by atoms with Gasteiger partial charge in [-0.2, -0.15) is 0 Å². The Morgan fingerprint density at radius 3 is 2.71 bits per heavy atom. The van der Waals surface area contributed by atoms with Crippen molar-refractivity contribution in [3.63, 3.8) is 0 Å². The summed E-state index contributed by atoms with van der Waals surface area (Å²) in [6.45, 7) is 1.77. The molecule has 3 N–H and O–H groups in total. The van der Waals surface area contributed by atoms with Gasteiger partial charge in [0.05, 0.1) is 27.2 Å². The number of anilines is 1. The van der Waals surface area contributed by atoms with Crippen LogP contribution in [-0.2, 0) is 11.8 Å². The van der Waals surface area contributed by atoms with Crippen molar-refractivity contribution >= 4 is 51.1 Å². The quantitative estimate of drug-likeness (QED) is 0.370. The Morgan fingerprint density at radius 1 is 1.10 bits per heavy atom. The Kier molecular flexibility index (Phi) is 4.40. The Morgan fingerprint density at radius 2 is 1.87 bits per heavy atom. The third-order valence-corrected chi connectivity index (χ3v) is 6.07. The van der Waals surface area contributed by atoms with Gasteiger partial charge in [0.25, 0.3) is 5.56 Å². The van der Waals surface area contributed by atoms with Gasteiger partial charge < -0.3 is 15.3 Å². The molecule has 156 valence electrons. The minimum atomic E-state index is -0.496. The molecule has 5 rings (SSSR count). The van der Waals surface area contributed by atoms with Gasteiger partial charge in [0.15, 0.2) is 5.16 Å². The first-order valence-corrected chi connectivity index (χ1v) is 10.3. The van der Waals surface area contributed by atoms with E-state index in [2.05, 4.69) is 25.5 Å². The topological polar surface area (TPSA) is 130 Å². The monoisotopic (exact) mass is 435 g/mol. The number of aromatic nitrogens is 6. The second-order valence-electron chi connectivity index (χ2n) is 7.09. The minimum absolute atomic E-state index is 0.156. The normalized spacial score (nSPS) is 12.6. The summed E-state index contributed by atoms with van der Waals surface area (Å²) in [4.78, 5) is 42.1. The second kappa shape index (κ2) is 7.13. The molecule has 0 radical (unpaired) electrons. The van der Waals surface area contributed by atoms with E-state index in [4.69, 9.17) is 0 Å². The third-order valence-electron chi connectivity index (χ3n) is 5.03. The lowest BCUT2D eigenvalue weighted by atomic mass is 10.2. The van der Waals surface area contributed by atoms with E-state index in [-0.39, 0.29) is 17.2 Å². The van der Waals surface area contributed by atoms with Crippen molar-refractivity contribution in [2.45, 2.75) is 17.3 Å². The van der Waals surface area contributed by atoms with Crippen molar-refractivity contribution in [3.05, 3.63) is 63.3 Å². The maximum absolute atomic E-state index is 12.8. The summed E-state index contributed by atoms with van der Waals surface area (Å²) in [5, 5.41) is 11.8. The first-order chi connectivity index (χ1) is 14.9. The number of carbonyl (C=O) groups excluding carboxylic acids is 1. The van der Waals surface area contributed by atoms with Crippen LogP contribution in [0.1, 0.15) is 6.92 Å². The number of thioether (sulfide) groups is 1. The Bertz CT molecular complexity index is 1590. The van der Waals surface area contributed by atoms with Crippen molar-refractivity contribution in [1.29, 1.82) is 0 Å². The number of nitrogens with zero attached hydrogens (tertiary/aromatic N) is 4. The van der Waals surface area contributed by atoms with Crippen molar-refractivity contribution in [1.82, 2.24) is 29.1 Å². The molecule has 0 aliphatic carbocycles. The van der Waals surface area contributed by atoms with Gasteiger partial charge in [-0.3, -0.25) is 18.6 Å². The van der Waals surface area contributed by atoms with Gasteiger partial charge in [-0.05, 0) is 37.3 Å².